The minimum Gasteiger partial charge on any atom is -0.310 e. The van der Waals surface area contributed by atoms with E-state index in [4.69, 9.17) is 11.6 Å². The highest BCUT2D eigenvalue weighted by Crippen LogP contribution is 2.16. The molecule has 2 rings (SSSR count). The average molecular weight is 295 g/mol. The highest BCUT2D eigenvalue weighted by atomic mass is 35.5. The van der Waals surface area contributed by atoms with Gasteiger partial charge in [-0.3, -0.25) is 0 Å². The van der Waals surface area contributed by atoms with Crippen LogP contribution in [0.3, 0.4) is 0 Å². The molecule has 0 aromatic carbocycles. The van der Waals surface area contributed by atoms with E-state index in [1.54, 1.807) is 0 Å². The Bertz CT molecular complexity index is 564. The lowest BCUT2D eigenvalue weighted by Gasteiger charge is -2.20. The van der Waals surface area contributed by atoms with Gasteiger partial charge in [0.2, 0.25) is 0 Å². The first-order valence-electron chi connectivity index (χ1n) is 7.30. The molecule has 2 aromatic rings. The third-order valence-electron chi connectivity index (χ3n) is 3.56. The van der Waals surface area contributed by atoms with Gasteiger partial charge in [0, 0.05) is 18.8 Å². The van der Waals surface area contributed by atoms with Gasteiger partial charge in [0.05, 0.1) is 5.88 Å². The molecule has 2 heterocycles. The monoisotopic (exact) mass is 294 g/mol. The van der Waals surface area contributed by atoms with Crippen molar-refractivity contribution < 1.29 is 0 Å². The van der Waals surface area contributed by atoms with Gasteiger partial charge in [0.1, 0.15) is 11.3 Å². The van der Waals surface area contributed by atoms with Crippen molar-refractivity contribution >= 4 is 22.8 Å². The molecular weight excluding hydrogens is 272 g/mol. The van der Waals surface area contributed by atoms with Gasteiger partial charge < -0.3 is 9.47 Å². The predicted molar refractivity (Wildman–Crippen MR) is 84.2 cm³/mol. The summed E-state index contributed by atoms with van der Waals surface area (Å²) in [6.07, 6.45) is 1.18. The van der Waals surface area contributed by atoms with E-state index in [2.05, 4.69) is 33.3 Å². The quantitative estimate of drug-likeness (QED) is 0.735. The molecule has 0 radical (unpaired) electrons. The van der Waals surface area contributed by atoms with Crippen molar-refractivity contribution in [3.63, 3.8) is 0 Å². The van der Waals surface area contributed by atoms with Crippen molar-refractivity contribution in [1.82, 2.24) is 19.4 Å². The Balaban J connectivity index is 2.25. The Morgan fingerprint density at radius 2 is 2.00 bits per heavy atom. The van der Waals surface area contributed by atoms with Crippen molar-refractivity contribution in [2.45, 2.75) is 39.6 Å². The van der Waals surface area contributed by atoms with E-state index in [0.29, 0.717) is 5.88 Å². The molecule has 5 heteroatoms. The molecule has 0 spiro atoms. The van der Waals surface area contributed by atoms with Crippen molar-refractivity contribution in [2.75, 3.05) is 19.6 Å². The standard InChI is InChI=1S/C15H23ClN4/c1-4-8-19(5-2)9-10-20-14(11-16)18-13-7-6-12(3)17-15(13)20/h6-7H,4-5,8-11H2,1-3H3. The summed E-state index contributed by atoms with van der Waals surface area (Å²) >= 11 is 6.03. The predicted octanol–water partition coefficient (Wildman–Crippen LogP) is 3.21. The lowest BCUT2D eigenvalue weighted by Crippen LogP contribution is -2.28. The number of pyridine rings is 1. The molecule has 0 amide bonds. The first kappa shape index (κ1) is 15.3. The first-order chi connectivity index (χ1) is 9.69. The van der Waals surface area contributed by atoms with Gasteiger partial charge in [-0.2, -0.15) is 0 Å². The molecule has 20 heavy (non-hydrogen) atoms. The number of likely N-dealkylation sites (N-methyl/N-ethyl adjacent to an activating group) is 1. The average Bonchev–Trinajstić information content (AvgIpc) is 2.80. The molecule has 0 saturated heterocycles. The summed E-state index contributed by atoms with van der Waals surface area (Å²) in [6.45, 7) is 10.5. The number of rotatable bonds is 7. The molecular formula is C15H23ClN4. The second kappa shape index (κ2) is 7.04. The number of hydrogen-bond donors (Lipinski definition) is 0. The Morgan fingerprint density at radius 1 is 1.20 bits per heavy atom. The van der Waals surface area contributed by atoms with E-state index >= 15 is 0 Å². The summed E-state index contributed by atoms with van der Waals surface area (Å²) in [7, 11) is 0. The summed E-state index contributed by atoms with van der Waals surface area (Å²) in [4.78, 5) is 11.6. The first-order valence-corrected chi connectivity index (χ1v) is 7.84. The van der Waals surface area contributed by atoms with Crippen LogP contribution in [0.2, 0.25) is 0 Å². The Morgan fingerprint density at radius 3 is 2.65 bits per heavy atom. The summed E-state index contributed by atoms with van der Waals surface area (Å²) < 4.78 is 2.16. The Kier molecular flexibility index (Phi) is 5.38. The molecule has 0 bridgehead atoms. The highest BCUT2D eigenvalue weighted by Gasteiger charge is 2.12. The number of imidazole rings is 1. The van der Waals surface area contributed by atoms with E-state index in [-0.39, 0.29) is 0 Å². The van der Waals surface area contributed by atoms with Crippen LogP contribution in [-0.2, 0) is 12.4 Å². The van der Waals surface area contributed by atoms with Crippen LogP contribution in [0.15, 0.2) is 12.1 Å². The van der Waals surface area contributed by atoms with Crippen LogP contribution >= 0.6 is 11.6 Å². The molecule has 0 N–H and O–H groups in total. The highest BCUT2D eigenvalue weighted by molar-refractivity contribution is 6.16. The number of alkyl halides is 1. The molecule has 0 aliphatic heterocycles. The molecule has 0 atom stereocenters. The van der Waals surface area contributed by atoms with Gasteiger partial charge in [0.15, 0.2) is 5.65 Å². The third kappa shape index (κ3) is 3.30. The van der Waals surface area contributed by atoms with Crippen molar-refractivity contribution in [2.24, 2.45) is 0 Å². The zero-order valence-electron chi connectivity index (χ0n) is 12.6. The number of hydrogen-bond acceptors (Lipinski definition) is 3. The summed E-state index contributed by atoms with van der Waals surface area (Å²) in [6, 6.07) is 4.01. The van der Waals surface area contributed by atoms with Gasteiger partial charge in [-0.1, -0.05) is 13.8 Å². The van der Waals surface area contributed by atoms with E-state index in [9.17, 15) is 0 Å². The van der Waals surface area contributed by atoms with E-state index in [0.717, 1.165) is 48.9 Å². The summed E-state index contributed by atoms with van der Waals surface area (Å²) in [5.74, 6) is 1.34. The smallest absolute Gasteiger partial charge is 0.160 e. The number of nitrogens with zero attached hydrogens (tertiary/aromatic N) is 4. The van der Waals surface area contributed by atoms with Crippen LogP contribution in [0, 0.1) is 6.92 Å². The van der Waals surface area contributed by atoms with Crippen molar-refractivity contribution in [1.29, 1.82) is 0 Å². The lowest BCUT2D eigenvalue weighted by atomic mass is 10.3. The molecule has 0 saturated carbocycles. The molecule has 0 fully saturated rings. The van der Waals surface area contributed by atoms with E-state index in [1.165, 1.54) is 6.42 Å². The fourth-order valence-corrected chi connectivity index (χ4v) is 2.67. The van der Waals surface area contributed by atoms with E-state index in [1.807, 2.05) is 19.1 Å². The Hall–Kier alpha value is -1.13. The SMILES string of the molecule is CCCN(CC)CCn1c(CCl)nc2ccc(C)nc21. The van der Waals surface area contributed by atoms with Crippen LogP contribution in [0.1, 0.15) is 31.8 Å². The molecule has 0 aliphatic rings. The summed E-state index contributed by atoms with van der Waals surface area (Å²) in [5, 5.41) is 0. The number of halogens is 1. The zero-order valence-corrected chi connectivity index (χ0v) is 13.3. The maximum Gasteiger partial charge on any atom is 0.160 e. The van der Waals surface area contributed by atoms with Crippen molar-refractivity contribution in [3.05, 3.63) is 23.7 Å². The van der Waals surface area contributed by atoms with Gasteiger partial charge in [-0.15, -0.1) is 11.6 Å². The van der Waals surface area contributed by atoms with E-state index < -0.39 is 0 Å². The maximum absolute atomic E-state index is 6.03. The fraction of sp³-hybridized carbons (Fsp3) is 0.600. The molecule has 2 aromatic heterocycles. The fourth-order valence-electron chi connectivity index (χ4n) is 2.47. The number of aryl methyl sites for hydroxylation is 1. The normalized spacial score (nSPS) is 11.7. The van der Waals surface area contributed by atoms with Crippen molar-refractivity contribution in [3.8, 4) is 0 Å². The van der Waals surface area contributed by atoms with Gasteiger partial charge >= 0.3 is 0 Å². The minimum atomic E-state index is 0.426. The number of aromatic nitrogens is 3. The molecule has 4 nitrogen and oxygen atoms in total. The van der Waals surface area contributed by atoms with Crippen LogP contribution in [0.5, 0.6) is 0 Å². The van der Waals surface area contributed by atoms with Crippen LogP contribution < -0.4 is 0 Å². The topological polar surface area (TPSA) is 34.0 Å². The Labute approximate surface area is 125 Å². The number of fused-ring (bicyclic) bond motifs is 1. The second-order valence-electron chi connectivity index (χ2n) is 5.04. The maximum atomic E-state index is 6.03. The third-order valence-corrected chi connectivity index (χ3v) is 3.80. The molecule has 0 unspecified atom stereocenters. The van der Waals surface area contributed by atoms with Gasteiger partial charge in [0.25, 0.3) is 0 Å². The minimum absolute atomic E-state index is 0.426. The molecule has 0 aliphatic carbocycles. The van der Waals surface area contributed by atoms with Crippen LogP contribution in [0.25, 0.3) is 11.2 Å². The van der Waals surface area contributed by atoms with Gasteiger partial charge in [-0.05, 0) is 38.6 Å². The largest absolute Gasteiger partial charge is 0.310 e. The van der Waals surface area contributed by atoms with Crippen LogP contribution in [-0.4, -0.2) is 39.1 Å². The molecule has 110 valence electrons. The summed E-state index contributed by atoms with van der Waals surface area (Å²) in [5.41, 5.74) is 2.90. The second-order valence-corrected chi connectivity index (χ2v) is 5.31. The zero-order chi connectivity index (χ0) is 14.5. The lowest BCUT2D eigenvalue weighted by molar-refractivity contribution is 0.277. The van der Waals surface area contributed by atoms with Gasteiger partial charge in [-0.25, -0.2) is 9.97 Å². The van der Waals surface area contributed by atoms with Crippen LogP contribution in [0.4, 0.5) is 0 Å².